The molecule has 5 heteroatoms. The lowest BCUT2D eigenvalue weighted by atomic mass is 9.78. The molecule has 0 spiro atoms. The van der Waals surface area contributed by atoms with E-state index in [2.05, 4.69) is 17.4 Å². The van der Waals surface area contributed by atoms with Gasteiger partial charge in [-0.1, -0.05) is 38.8 Å². The maximum absolute atomic E-state index is 12.6. The number of amidine groups is 1. The molecular formula is C16H31N3O2. The molecule has 1 rings (SSSR count). The van der Waals surface area contributed by atoms with E-state index in [9.17, 15) is 4.79 Å². The lowest BCUT2D eigenvalue weighted by Gasteiger charge is -2.34. The van der Waals surface area contributed by atoms with Gasteiger partial charge in [0, 0.05) is 6.04 Å². The van der Waals surface area contributed by atoms with Crippen molar-refractivity contribution in [2.24, 2.45) is 22.2 Å². The lowest BCUT2D eigenvalue weighted by Crippen LogP contribution is -2.52. The Morgan fingerprint density at radius 3 is 2.24 bits per heavy atom. The van der Waals surface area contributed by atoms with Crippen LogP contribution in [0.4, 0.5) is 0 Å². The highest BCUT2D eigenvalue weighted by molar-refractivity contribution is 6.06. The summed E-state index contributed by atoms with van der Waals surface area (Å²) in [6.45, 7) is 6.03. The Morgan fingerprint density at radius 2 is 1.81 bits per heavy atom. The number of rotatable bonds is 7. The van der Waals surface area contributed by atoms with Crippen molar-refractivity contribution >= 4 is 11.7 Å². The van der Waals surface area contributed by atoms with Crippen molar-refractivity contribution in [3.8, 4) is 0 Å². The second-order valence-electron chi connectivity index (χ2n) is 6.25. The van der Waals surface area contributed by atoms with E-state index in [0.29, 0.717) is 12.8 Å². The van der Waals surface area contributed by atoms with Crippen molar-refractivity contribution in [3.05, 3.63) is 0 Å². The first-order valence-corrected chi connectivity index (χ1v) is 8.32. The van der Waals surface area contributed by atoms with Crippen molar-refractivity contribution in [1.29, 1.82) is 0 Å². The van der Waals surface area contributed by atoms with Crippen LogP contribution < -0.4 is 11.1 Å². The molecule has 0 aromatic heterocycles. The van der Waals surface area contributed by atoms with Gasteiger partial charge in [-0.15, -0.1) is 0 Å². The standard InChI is InChI=1S/C16H31N3O2/c1-4-7-12-8-10-13(11-9-12)18-15(20)16(5-2,6-3)14(17)19-21/h12-13,21H,4-11H2,1-3H3,(H2,17,19)(H,18,20). The van der Waals surface area contributed by atoms with Gasteiger partial charge in [0.2, 0.25) is 5.91 Å². The van der Waals surface area contributed by atoms with Gasteiger partial charge >= 0.3 is 0 Å². The highest BCUT2D eigenvalue weighted by Gasteiger charge is 2.40. The van der Waals surface area contributed by atoms with E-state index in [0.717, 1.165) is 18.8 Å². The van der Waals surface area contributed by atoms with Crippen LogP contribution in [0.5, 0.6) is 0 Å². The molecule has 0 saturated heterocycles. The zero-order valence-corrected chi connectivity index (χ0v) is 13.7. The summed E-state index contributed by atoms with van der Waals surface area (Å²) in [6, 6.07) is 0.231. The number of carbonyl (C=O) groups excluding carboxylic acids is 1. The molecule has 0 radical (unpaired) electrons. The number of nitrogens with two attached hydrogens (primary N) is 1. The summed E-state index contributed by atoms with van der Waals surface area (Å²) in [5.74, 6) is 0.737. The van der Waals surface area contributed by atoms with Crippen molar-refractivity contribution in [3.63, 3.8) is 0 Å². The number of amides is 1. The van der Waals surface area contributed by atoms with Crippen molar-refractivity contribution in [2.45, 2.75) is 78.2 Å². The summed E-state index contributed by atoms with van der Waals surface area (Å²) in [5, 5.41) is 15.2. The summed E-state index contributed by atoms with van der Waals surface area (Å²) in [7, 11) is 0. The summed E-state index contributed by atoms with van der Waals surface area (Å²) >= 11 is 0. The van der Waals surface area contributed by atoms with Gasteiger partial charge in [-0.2, -0.15) is 0 Å². The largest absolute Gasteiger partial charge is 0.409 e. The molecule has 1 saturated carbocycles. The van der Waals surface area contributed by atoms with Gasteiger partial charge in [-0.25, -0.2) is 0 Å². The zero-order valence-electron chi connectivity index (χ0n) is 13.7. The van der Waals surface area contributed by atoms with E-state index in [1.807, 2.05) is 13.8 Å². The van der Waals surface area contributed by atoms with E-state index in [1.54, 1.807) is 0 Å². The predicted octanol–water partition coefficient (Wildman–Crippen LogP) is 3.01. The van der Waals surface area contributed by atoms with E-state index in [4.69, 9.17) is 10.9 Å². The summed E-state index contributed by atoms with van der Waals surface area (Å²) < 4.78 is 0. The fraction of sp³-hybridized carbons (Fsp3) is 0.875. The predicted molar refractivity (Wildman–Crippen MR) is 85.2 cm³/mol. The summed E-state index contributed by atoms with van der Waals surface area (Å²) in [4.78, 5) is 12.6. The van der Waals surface area contributed by atoms with Crippen molar-refractivity contribution < 1.29 is 10.0 Å². The molecule has 1 aliphatic carbocycles. The number of carbonyl (C=O) groups is 1. The van der Waals surface area contributed by atoms with Crippen LogP contribution in [0.3, 0.4) is 0 Å². The van der Waals surface area contributed by atoms with Crippen LogP contribution in [0.2, 0.25) is 0 Å². The average molecular weight is 297 g/mol. The Hall–Kier alpha value is -1.26. The smallest absolute Gasteiger partial charge is 0.234 e. The lowest BCUT2D eigenvalue weighted by molar-refractivity contribution is -0.129. The highest BCUT2D eigenvalue weighted by Crippen LogP contribution is 2.31. The zero-order chi connectivity index (χ0) is 15.9. The SMILES string of the molecule is CCCC1CCC(NC(=O)C(CC)(CC)C(N)=NO)CC1. The molecule has 1 aliphatic rings. The number of oxime groups is 1. The first kappa shape index (κ1) is 17.8. The monoisotopic (exact) mass is 297 g/mol. The Bertz CT molecular complexity index is 357. The third-order valence-corrected chi connectivity index (χ3v) is 5.12. The third kappa shape index (κ3) is 4.11. The van der Waals surface area contributed by atoms with Gasteiger partial charge < -0.3 is 16.3 Å². The van der Waals surface area contributed by atoms with Gasteiger partial charge in [-0.05, 0) is 44.4 Å². The van der Waals surface area contributed by atoms with E-state index in [-0.39, 0.29) is 17.8 Å². The molecule has 1 fully saturated rings. The van der Waals surface area contributed by atoms with Gasteiger partial charge in [0.1, 0.15) is 5.41 Å². The summed E-state index contributed by atoms with van der Waals surface area (Å²) in [6.07, 6.45) is 8.05. The van der Waals surface area contributed by atoms with Crippen LogP contribution in [-0.2, 0) is 4.79 Å². The quantitative estimate of drug-likeness (QED) is 0.292. The fourth-order valence-electron chi connectivity index (χ4n) is 3.47. The van der Waals surface area contributed by atoms with Crippen LogP contribution in [-0.4, -0.2) is 23.0 Å². The van der Waals surface area contributed by atoms with Crippen LogP contribution in [0.1, 0.15) is 72.1 Å². The van der Waals surface area contributed by atoms with E-state index in [1.165, 1.54) is 25.7 Å². The second-order valence-corrected chi connectivity index (χ2v) is 6.25. The number of hydrogen-bond acceptors (Lipinski definition) is 3. The van der Waals surface area contributed by atoms with Crippen LogP contribution in [0.15, 0.2) is 5.16 Å². The van der Waals surface area contributed by atoms with Crippen LogP contribution in [0.25, 0.3) is 0 Å². The molecule has 21 heavy (non-hydrogen) atoms. The first-order chi connectivity index (χ1) is 10.0. The molecule has 4 N–H and O–H groups in total. The molecule has 0 unspecified atom stereocenters. The second kappa shape index (κ2) is 8.25. The van der Waals surface area contributed by atoms with Crippen molar-refractivity contribution in [2.75, 3.05) is 0 Å². The molecule has 0 aromatic carbocycles. The molecular weight excluding hydrogens is 266 g/mol. The Morgan fingerprint density at radius 1 is 1.24 bits per heavy atom. The first-order valence-electron chi connectivity index (χ1n) is 8.32. The normalized spacial score (nSPS) is 23.9. The Balaban J connectivity index is 2.63. The van der Waals surface area contributed by atoms with Gasteiger partial charge in [0.15, 0.2) is 5.84 Å². The van der Waals surface area contributed by atoms with Gasteiger partial charge in [0.05, 0.1) is 0 Å². The minimum atomic E-state index is -0.880. The minimum absolute atomic E-state index is 0.0182. The number of nitrogens with one attached hydrogen (secondary N) is 1. The number of nitrogens with zero attached hydrogens (tertiary/aromatic N) is 1. The molecule has 122 valence electrons. The summed E-state index contributed by atoms with van der Waals surface area (Å²) in [5.41, 5.74) is 4.90. The van der Waals surface area contributed by atoms with E-state index >= 15 is 0 Å². The van der Waals surface area contributed by atoms with Crippen LogP contribution in [0, 0.1) is 11.3 Å². The molecule has 5 nitrogen and oxygen atoms in total. The van der Waals surface area contributed by atoms with Gasteiger partial charge in [0.25, 0.3) is 0 Å². The van der Waals surface area contributed by atoms with Crippen molar-refractivity contribution in [1.82, 2.24) is 5.32 Å². The minimum Gasteiger partial charge on any atom is -0.409 e. The van der Waals surface area contributed by atoms with Crippen LogP contribution >= 0.6 is 0 Å². The molecule has 0 bridgehead atoms. The maximum Gasteiger partial charge on any atom is 0.234 e. The number of hydrogen-bond donors (Lipinski definition) is 3. The van der Waals surface area contributed by atoms with Gasteiger partial charge in [-0.3, -0.25) is 4.79 Å². The molecule has 0 aromatic rings. The highest BCUT2D eigenvalue weighted by atomic mass is 16.4. The average Bonchev–Trinajstić information content (AvgIpc) is 2.51. The molecule has 0 atom stereocenters. The molecule has 1 amide bonds. The fourth-order valence-corrected chi connectivity index (χ4v) is 3.47. The Kier molecular flexibility index (Phi) is 6.99. The molecule has 0 aliphatic heterocycles. The molecule has 0 heterocycles. The topological polar surface area (TPSA) is 87.7 Å². The Labute approximate surface area is 128 Å². The third-order valence-electron chi connectivity index (χ3n) is 5.12. The van der Waals surface area contributed by atoms with E-state index < -0.39 is 5.41 Å². The maximum atomic E-state index is 12.6.